The molecule has 0 fully saturated rings. The molecule has 0 aliphatic carbocycles. The van der Waals surface area contributed by atoms with E-state index in [9.17, 15) is 4.79 Å². The van der Waals surface area contributed by atoms with Gasteiger partial charge in [0.05, 0.1) is 6.42 Å². The number of nitrogens with zero attached hydrogens (tertiary/aromatic N) is 1. The van der Waals surface area contributed by atoms with Gasteiger partial charge in [-0.25, -0.2) is 0 Å². The Bertz CT molecular complexity index is 793. The van der Waals surface area contributed by atoms with Crippen LogP contribution in [0.2, 0.25) is 0 Å². The lowest BCUT2D eigenvalue weighted by atomic mass is 9.99. The number of aliphatic carboxylic acids is 1. The number of carbonyl (C=O) groups is 1. The molecule has 0 radical (unpaired) electrons. The molecule has 138 valence electrons. The average Bonchev–Trinajstić information content (AvgIpc) is 3.03. The van der Waals surface area contributed by atoms with Crippen LogP contribution in [0.3, 0.4) is 0 Å². The van der Waals surface area contributed by atoms with E-state index in [-0.39, 0.29) is 13.2 Å². The number of carboxylic acids is 1. The van der Waals surface area contributed by atoms with Gasteiger partial charge in [-0.2, -0.15) is 0 Å². The van der Waals surface area contributed by atoms with Crippen molar-refractivity contribution >= 4 is 5.97 Å². The Kier molecular flexibility index (Phi) is 5.47. The third-order valence-electron chi connectivity index (χ3n) is 4.71. The van der Waals surface area contributed by atoms with E-state index >= 15 is 0 Å². The largest absolute Gasteiger partial charge is 0.481 e. The maximum absolute atomic E-state index is 11.1. The predicted molar refractivity (Wildman–Crippen MR) is 99.6 cm³/mol. The van der Waals surface area contributed by atoms with Crippen LogP contribution in [-0.4, -0.2) is 29.3 Å². The first-order valence-corrected chi connectivity index (χ1v) is 8.82. The van der Waals surface area contributed by atoms with Gasteiger partial charge in [0.15, 0.2) is 11.5 Å². The van der Waals surface area contributed by atoms with Gasteiger partial charge in [0.1, 0.15) is 0 Å². The lowest BCUT2D eigenvalue weighted by Gasteiger charge is -2.24. The summed E-state index contributed by atoms with van der Waals surface area (Å²) in [5, 5.41) is 9.10. The summed E-state index contributed by atoms with van der Waals surface area (Å²) in [5.41, 5.74) is 6.09. The molecule has 0 amide bonds. The van der Waals surface area contributed by atoms with Gasteiger partial charge in [0.25, 0.3) is 0 Å². The number of aryl methyl sites for hydroxylation is 3. The van der Waals surface area contributed by atoms with Crippen LogP contribution in [0.4, 0.5) is 0 Å². The highest BCUT2D eigenvalue weighted by molar-refractivity contribution is 5.66. The molecule has 1 aliphatic rings. The van der Waals surface area contributed by atoms with Gasteiger partial charge in [-0.3, -0.25) is 9.69 Å². The zero-order valence-corrected chi connectivity index (χ0v) is 15.5. The number of hydrogen-bond donors (Lipinski definition) is 1. The number of benzene rings is 2. The maximum atomic E-state index is 11.1. The zero-order valence-electron chi connectivity index (χ0n) is 15.5. The van der Waals surface area contributed by atoms with Gasteiger partial charge in [-0.1, -0.05) is 23.8 Å². The molecule has 0 atom stereocenters. The van der Waals surface area contributed by atoms with E-state index in [1.54, 1.807) is 0 Å². The smallest absolute Gasteiger partial charge is 0.304 e. The first-order valence-electron chi connectivity index (χ1n) is 8.82. The summed E-state index contributed by atoms with van der Waals surface area (Å²) < 4.78 is 10.8. The Labute approximate surface area is 154 Å². The Balaban J connectivity index is 1.80. The van der Waals surface area contributed by atoms with Crippen molar-refractivity contribution in [3.05, 3.63) is 58.1 Å². The first kappa shape index (κ1) is 18.3. The second kappa shape index (κ2) is 7.79. The van der Waals surface area contributed by atoms with Crippen molar-refractivity contribution < 1.29 is 19.4 Å². The SMILES string of the molecule is Cc1cc(C)c(CN(CCC(=O)O)Cc2ccc3c(c2)OCO3)c(C)c1. The molecule has 0 saturated heterocycles. The van der Waals surface area contributed by atoms with E-state index in [1.165, 1.54) is 22.3 Å². The second-order valence-electron chi connectivity index (χ2n) is 6.92. The molecule has 0 bridgehead atoms. The van der Waals surface area contributed by atoms with Crippen LogP contribution >= 0.6 is 0 Å². The molecule has 2 aromatic carbocycles. The van der Waals surface area contributed by atoms with Crippen molar-refractivity contribution in [3.63, 3.8) is 0 Å². The molecule has 5 nitrogen and oxygen atoms in total. The summed E-state index contributed by atoms with van der Waals surface area (Å²) in [6.45, 7) is 8.46. The van der Waals surface area contributed by atoms with Crippen molar-refractivity contribution in [2.45, 2.75) is 40.3 Å². The van der Waals surface area contributed by atoms with Crippen molar-refractivity contribution in [1.82, 2.24) is 4.90 Å². The zero-order chi connectivity index (χ0) is 18.7. The fourth-order valence-corrected chi connectivity index (χ4v) is 3.45. The number of carboxylic acid groups (broad SMARTS) is 1. The van der Waals surface area contributed by atoms with E-state index in [2.05, 4.69) is 37.8 Å². The fourth-order valence-electron chi connectivity index (χ4n) is 3.45. The molecule has 1 heterocycles. The molecule has 26 heavy (non-hydrogen) atoms. The Morgan fingerprint density at radius 3 is 2.42 bits per heavy atom. The average molecular weight is 355 g/mol. The minimum Gasteiger partial charge on any atom is -0.481 e. The van der Waals surface area contributed by atoms with Crippen molar-refractivity contribution in [2.75, 3.05) is 13.3 Å². The van der Waals surface area contributed by atoms with E-state index < -0.39 is 5.97 Å². The van der Waals surface area contributed by atoms with Crippen molar-refractivity contribution in [2.24, 2.45) is 0 Å². The minimum atomic E-state index is -0.780. The minimum absolute atomic E-state index is 0.120. The topological polar surface area (TPSA) is 59.0 Å². The van der Waals surface area contributed by atoms with E-state index in [0.717, 1.165) is 23.6 Å². The fraction of sp³-hybridized carbons (Fsp3) is 0.381. The van der Waals surface area contributed by atoms with E-state index in [1.807, 2.05) is 18.2 Å². The summed E-state index contributed by atoms with van der Waals surface area (Å²) in [5.74, 6) is 0.734. The Morgan fingerprint density at radius 2 is 1.73 bits per heavy atom. The molecular formula is C21H25NO4. The first-order chi connectivity index (χ1) is 12.4. The Hall–Kier alpha value is -2.53. The maximum Gasteiger partial charge on any atom is 0.304 e. The number of rotatable bonds is 7. The third kappa shape index (κ3) is 4.35. The van der Waals surface area contributed by atoms with Crippen molar-refractivity contribution in [3.8, 4) is 11.5 Å². The number of fused-ring (bicyclic) bond motifs is 1. The molecule has 0 aromatic heterocycles. The van der Waals surface area contributed by atoms with Crippen LogP contribution in [-0.2, 0) is 17.9 Å². The summed E-state index contributed by atoms with van der Waals surface area (Å²) >= 11 is 0. The van der Waals surface area contributed by atoms with Gasteiger partial charge in [0, 0.05) is 19.6 Å². The second-order valence-corrected chi connectivity index (χ2v) is 6.92. The van der Waals surface area contributed by atoms with E-state index in [0.29, 0.717) is 13.1 Å². The summed E-state index contributed by atoms with van der Waals surface area (Å²) in [6.07, 6.45) is 0.120. The predicted octanol–water partition coefficient (Wildman–Crippen LogP) is 3.82. The van der Waals surface area contributed by atoms with Gasteiger partial charge in [0.2, 0.25) is 6.79 Å². The van der Waals surface area contributed by atoms with Gasteiger partial charge < -0.3 is 14.6 Å². The molecule has 5 heteroatoms. The number of ether oxygens (including phenoxy) is 2. The number of hydrogen-bond acceptors (Lipinski definition) is 4. The van der Waals surface area contributed by atoms with Gasteiger partial charge in [-0.15, -0.1) is 0 Å². The summed E-state index contributed by atoms with van der Waals surface area (Å²) in [7, 11) is 0. The lowest BCUT2D eigenvalue weighted by molar-refractivity contribution is -0.137. The lowest BCUT2D eigenvalue weighted by Crippen LogP contribution is -2.26. The van der Waals surface area contributed by atoms with Crippen LogP contribution in [0.25, 0.3) is 0 Å². The van der Waals surface area contributed by atoms with Crippen LogP contribution in [0.1, 0.15) is 34.2 Å². The molecule has 0 saturated carbocycles. The molecule has 2 aromatic rings. The highest BCUT2D eigenvalue weighted by Gasteiger charge is 2.16. The molecule has 1 aliphatic heterocycles. The molecule has 3 rings (SSSR count). The van der Waals surface area contributed by atoms with E-state index in [4.69, 9.17) is 14.6 Å². The summed E-state index contributed by atoms with van der Waals surface area (Å²) in [4.78, 5) is 13.3. The van der Waals surface area contributed by atoms with Crippen LogP contribution in [0, 0.1) is 20.8 Å². The molecule has 0 unspecified atom stereocenters. The quantitative estimate of drug-likeness (QED) is 0.818. The standard InChI is InChI=1S/C21H25NO4/c1-14-8-15(2)18(16(3)9-14)12-22(7-6-21(23)24)11-17-4-5-19-20(10-17)26-13-25-19/h4-5,8-10H,6-7,11-13H2,1-3H3,(H,23,24). The molecule has 1 N–H and O–H groups in total. The van der Waals surface area contributed by atoms with Crippen LogP contribution in [0.5, 0.6) is 11.5 Å². The van der Waals surface area contributed by atoms with Gasteiger partial charge >= 0.3 is 5.97 Å². The van der Waals surface area contributed by atoms with Crippen molar-refractivity contribution in [1.29, 1.82) is 0 Å². The highest BCUT2D eigenvalue weighted by atomic mass is 16.7. The molecular weight excluding hydrogens is 330 g/mol. The Morgan fingerprint density at radius 1 is 1.04 bits per heavy atom. The van der Waals surface area contributed by atoms with Crippen LogP contribution < -0.4 is 9.47 Å². The summed E-state index contributed by atoms with van der Waals surface area (Å²) in [6, 6.07) is 10.3. The third-order valence-corrected chi connectivity index (χ3v) is 4.71. The van der Waals surface area contributed by atoms with Crippen LogP contribution in [0.15, 0.2) is 30.3 Å². The normalized spacial score (nSPS) is 12.6. The highest BCUT2D eigenvalue weighted by Crippen LogP contribution is 2.33. The van der Waals surface area contributed by atoms with Gasteiger partial charge in [-0.05, 0) is 55.2 Å². The monoisotopic (exact) mass is 355 g/mol. The molecule has 0 spiro atoms.